The predicted molar refractivity (Wildman–Crippen MR) is 123 cm³/mol. The van der Waals surface area contributed by atoms with E-state index < -0.39 is 11.5 Å². The Bertz CT molecular complexity index is 939. The summed E-state index contributed by atoms with van der Waals surface area (Å²) in [6, 6.07) is 1.85. The number of nitrogens with zero attached hydrogens (tertiary/aromatic N) is 4. The Morgan fingerprint density at radius 1 is 1.33 bits per heavy atom. The highest BCUT2D eigenvalue weighted by molar-refractivity contribution is 5.88. The summed E-state index contributed by atoms with van der Waals surface area (Å²) >= 11 is 0. The number of anilines is 2. The molecule has 1 aromatic heterocycles. The maximum absolute atomic E-state index is 13.6. The topological polar surface area (TPSA) is 106 Å². The van der Waals surface area contributed by atoms with Crippen LogP contribution in [0.2, 0.25) is 0 Å². The number of aliphatic hydroxyl groups excluding tert-OH is 1. The van der Waals surface area contributed by atoms with Crippen molar-refractivity contribution in [2.45, 2.75) is 57.1 Å². The van der Waals surface area contributed by atoms with Crippen molar-refractivity contribution in [3.63, 3.8) is 0 Å². The molecule has 0 radical (unpaired) electrons. The first kappa shape index (κ1) is 23.2. The largest absolute Gasteiger partial charge is 0.493 e. The van der Waals surface area contributed by atoms with Crippen LogP contribution in [-0.2, 0) is 4.79 Å². The molecule has 1 aliphatic carbocycles. The Morgan fingerprint density at radius 3 is 2.76 bits per heavy atom. The lowest BCUT2D eigenvalue weighted by molar-refractivity contribution is -0.139. The molecule has 1 aromatic rings. The molecule has 3 aliphatic rings. The van der Waals surface area contributed by atoms with Crippen LogP contribution in [0, 0.1) is 17.8 Å². The van der Waals surface area contributed by atoms with Crippen LogP contribution in [0.25, 0.3) is 0 Å². The lowest BCUT2D eigenvalue weighted by Crippen LogP contribution is -2.50. The summed E-state index contributed by atoms with van der Waals surface area (Å²) in [5, 5.41) is 19.3. The van der Waals surface area contributed by atoms with Crippen molar-refractivity contribution in [1.82, 2.24) is 9.88 Å². The van der Waals surface area contributed by atoms with E-state index in [1.807, 2.05) is 4.90 Å². The van der Waals surface area contributed by atoms with Gasteiger partial charge in [-0.05, 0) is 44.9 Å². The second-order valence-electron chi connectivity index (χ2n) is 9.31. The van der Waals surface area contributed by atoms with Gasteiger partial charge in [0, 0.05) is 31.7 Å². The molecule has 1 atom stereocenters. The van der Waals surface area contributed by atoms with Gasteiger partial charge < -0.3 is 24.7 Å². The van der Waals surface area contributed by atoms with Gasteiger partial charge in [-0.25, -0.2) is 9.78 Å². The Kier molecular flexibility index (Phi) is 6.66. The van der Waals surface area contributed by atoms with Crippen LogP contribution in [-0.4, -0.2) is 77.5 Å². The molecular weight excluding hydrogens is 424 g/mol. The fourth-order valence-corrected chi connectivity index (χ4v) is 5.58. The molecule has 2 saturated heterocycles. The molecular formula is C24H32N4O5. The zero-order chi connectivity index (χ0) is 23.6. The van der Waals surface area contributed by atoms with E-state index in [-0.39, 0.29) is 24.6 Å². The van der Waals surface area contributed by atoms with Crippen LogP contribution in [0.15, 0.2) is 12.3 Å². The molecule has 2 aliphatic heterocycles. The summed E-state index contributed by atoms with van der Waals surface area (Å²) in [6.07, 6.45) is 11.2. The van der Waals surface area contributed by atoms with Crippen LogP contribution in [0.5, 0.6) is 5.75 Å². The minimum atomic E-state index is -1.16. The van der Waals surface area contributed by atoms with Crippen LogP contribution in [0.4, 0.5) is 16.3 Å². The van der Waals surface area contributed by atoms with Crippen LogP contribution < -0.4 is 14.5 Å². The van der Waals surface area contributed by atoms with Gasteiger partial charge in [-0.15, -0.1) is 6.42 Å². The molecule has 33 heavy (non-hydrogen) atoms. The maximum Gasteiger partial charge on any atom is 0.412 e. The number of rotatable bonds is 5. The highest BCUT2D eigenvalue weighted by Gasteiger charge is 2.51. The van der Waals surface area contributed by atoms with Crippen molar-refractivity contribution in [3.8, 4) is 18.1 Å². The second kappa shape index (κ2) is 9.48. The van der Waals surface area contributed by atoms with Crippen LogP contribution in [0.3, 0.4) is 0 Å². The third-order valence-corrected chi connectivity index (χ3v) is 7.36. The zero-order valence-corrected chi connectivity index (χ0v) is 19.1. The zero-order valence-electron chi connectivity index (χ0n) is 19.1. The second-order valence-corrected chi connectivity index (χ2v) is 9.31. The fourth-order valence-electron chi connectivity index (χ4n) is 5.58. The van der Waals surface area contributed by atoms with Crippen molar-refractivity contribution in [1.29, 1.82) is 0 Å². The SMILES string of the molecule is C#CCN(C(=O)O)c1cnc(N2CCCC3(CCN([C@H]4CC[C@H](O)CC4)C3=O)C2)c(OC)c1. The van der Waals surface area contributed by atoms with E-state index in [0.717, 1.165) is 62.9 Å². The van der Waals surface area contributed by atoms with E-state index in [0.29, 0.717) is 23.8 Å². The summed E-state index contributed by atoms with van der Waals surface area (Å²) in [5.74, 6) is 3.63. The molecule has 2 amide bonds. The predicted octanol–water partition coefficient (Wildman–Crippen LogP) is 2.33. The third kappa shape index (κ3) is 4.44. The van der Waals surface area contributed by atoms with Gasteiger partial charge in [0.15, 0.2) is 11.6 Å². The molecule has 9 heteroatoms. The Hall–Kier alpha value is -2.99. The number of carboxylic acid groups (broad SMARTS) is 1. The number of pyridine rings is 1. The first-order chi connectivity index (χ1) is 15.9. The summed E-state index contributed by atoms with van der Waals surface area (Å²) in [7, 11) is 1.52. The average molecular weight is 457 g/mol. The quantitative estimate of drug-likeness (QED) is 0.655. The molecule has 9 nitrogen and oxygen atoms in total. The van der Waals surface area contributed by atoms with Gasteiger partial charge in [0.05, 0.1) is 37.1 Å². The number of likely N-dealkylation sites (tertiary alicyclic amines) is 1. The number of ether oxygens (including phenoxy) is 1. The summed E-state index contributed by atoms with van der Waals surface area (Å²) in [5.41, 5.74) is -0.0913. The lowest BCUT2D eigenvalue weighted by Gasteiger charge is -2.41. The highest BCUT2D eigenvalue weighted by atomic mass is 16.5. The molecule has 1 saturated carbocycles. The first-order valence-corrected chi connectivity index (χ1v) is 11.6. The molecule has 1 spiro atoms. The maximum atomic E-state index is 13.6. The first-order valence-electron chi connectivity index (χ1n) is 11.6. The average Bonchev–Trinajstić information content (AvgIpc) is 3.12. The number of aliphatic hydroxyl groups is 1. The van der Waals surface area contributed by atoms with E-state index in [1.54, 1.807) is 6.07 Å². The van der Waals surface area contributed by atoms with Gasteiger partial charge >= 0.3 is 6.09 Å². The van der Waals surface area contributed by atoms with Crippen molar-refractivity contribution < 1.29 is 24.5 Å². The molecule has 3 fully saturated rings. The van der Waals surface area contributed by atoms with Gasteiger partial charge in [0.2, 0.25) is 5.91 Å². The van der Waals surface area contributed by atoms with Crippen molar-refractivity contribution >= 4 is 23.5 Å². The van der Waals surface area contributed by atoms with Crippen molar-refractivity contribution in [2.75, 3.05) is 43.1 Å². The number of aromatic nitrogens is 1. The normalized spacial score (nSPS) is 27.5. The summed E-state index contributed by atoms with van der Waals surface area (Å²) < 4.78 is 5.56. The van der Waals surface area contributed by atoms with E-state index in [2.05, 4.69) is 15.8 Å². The Morgan fingerprint density at radius 2 is 2.09 bits per heavy atom. The molecule has 3 heterocycles. The van der Waals surface area contributed by atoms with Crippen molar-refractivity contribution in [3.05, 3.63) is 12.3 Å². The van der Waals surface area contributed by atoms with E-state index in [1.165, 1.54) is 13.3 Å². The number of carbonyl (C=O) groups is 2. The molecule has 2 N–H and O–H groups in total. The number of piperidine rings is 1. The minimum Gasteiger partial charge on any atom is -0.493 e. The van der Waals surface area contributed by atoms with E-state index >= 15 is 0 Å². The molecule has 0 bridgehead atoms. The van der Waals surface area contributed by atoms with Crippen molar-refractivity contribution in [2.24, 2.45) is 5.41 Å². The van der Waals surface area contributed by atoms with Gasteiger partial charge in [-0.2, -0.15) is 0 Å². The molecule has 0 aromatic carbocycles. The Labute approximate surface area is 194 Å². The smallest absolute Gasteiger partial charge is 0.412 e. The number of hydrogen-bond acceptors (Lipinski definition) is 6. The molecule has 4 rings (SSSR count). The number of amides is 2. The summed E-state index contributed by atoms with van der Waals surface area (Å²) in [6.45, 7) is 1.99. The molecule has 178 valence electrons. The van der Waals surface area contributed by atoms with Crippen LogP contribution in [0.1, 0.15) is 44.9 Å². The molecule has 1 unspecified atom stereocenters. The number of methoxy groups -OCH3 is 1. The fraction of sp³-hybridized carbons (Fsp3) is 0.625. The monoisotopic (exact) mass is 456 g/mol. The van der Waals surface area contributed by atoms with E-state index in [4.69, 9.17) is 11.2 Å². The van der Waals surface area contributed by atoms with Gasteiger partial charge in [-0.1, -0.05) is 5.92 Å². The summed E-state index contributed by atoms with van der Waals surface area (Å²) in [4.78, 5) is 34.8. The third-order valence-electron chi connectivity index (χ3n) is 7.36. The number of carbonyl (C=O) groups excluding carboxylic acids is 1. The number of terminal acetylenes is 1. The standard InChI is InChI=1S/C24H32N4O5/c1-3-11-28(23(31)32)18-14-20(33-2)21(25-15-18)26-12-4-9-24(16-26)10-13-27(22(24)30)17-5-7-19(29)8-6-17/h1,14-15,17,19,29H,4-13,16H2,2H3,(H,31,32)/t17-,19-,24?. The van der Waals surface area contributed by atoms with Crippen LogP contribution >= 0.6 is 0 Å². The Balaban J connectivity index is 1.53. The highest BCUT2D eigenvalue weighted by Crippen LogP contribution is 2.44. The van der Waals surface area contributed by atoms with Gasteiger partial charge in [-0.3, -0.25) is 9.69 Å². The number of hydrogen-bond donors (Lipinski definition) is 2. The lowest BCUT2D eigenvalue weighted by atomic mass is 9.78. The minimum absolute atomic E-state index is 0.0884. The van der Waals surface area contributed by atoms with E-state index in [9.17, 15) is 19.8 Å². The van der Waals surface area contributed by atoms with Gasteiger partial charge in [0.1, 0.15) is 0 Å². The van der Waals surface area contributed by atoms with Gasteiger partial charge in [0.25, 0.3) is 0 Å².